The van der Waals surface area contributed by atoms with Gasteiger partial charge in [0.2, 0.25) is 0 Å². The second kappa shape index (κ2) is 12.5. The first-order valence-electron chi connectivity index (χ1n) is 10.6. The minimum Gasteiger partial charge on any atom is -0.496 e. The van der Waals surface area contributed by atoms with Crippen LogP contribution in [-0.2, 0) is 13.1 Å². The molecule has 2 aromatic carbocycles. The Labute approximate surface area is 202 Å². The normalized spacial score (nSPS) is 13.9. The third-order valence-electron chi connectivity index (χ3n) is 5.39. The van der Waals surface area contributed by atoms with Gasteiger partial charge in [-0.05, 0) is 55.5 Å². The maximum atomic E-state index is 12.7. The maximum Gasteiger partial charge on any atom is 0.253 e. The van der Waals surface area contributed by atoms with Crippen LogP contribution in [0.2, 0.25) is 0 Å². The Morgan fingerprint density at radius 3 is 2.52 bits per heavy atom. The van der Waals surface area contributed by atoms with Gasteiger partial charge in [-0.2, -0.15) is 0 Å². The predicted octanol–water partition coefficient (Wildman–Crippen LogP) is 4.11. The summed E-state index contributed by atoms with van der Waals surface area (Å²) in [4.78, 5) is 19.0. The van der Waals surface area contributed by atoms with Gasteiger partial charge in [0.05, 0.1) is 7.11 Å². The highest BCUT2D eigenvalue weighted by Gasteiger charge is 2.18. The average molecular weight is 536 g/mol. The number of guanidine groups is 1. The van der Waals surface area contributed by atoms with Crippen LogP contribution in [-0.4, -0.2) is 44.0 Å². The highest BCUT2D eigenvalue weighted by Crippen LogP contribution is 2.19. The van der Waals surface area contributed by atoms with Gasteiger partial charge in [-0.15, -0.1) is 24.0 Å². The van der Waals surface area contributed by atoms with Crippen molar-refractivity contribution >= 4 is 35.8 Å². The highest BCUT2D eigenvalue weighted by atomic mass is 127. The summed E-state index contributed by atoms with van der Waals surface area (Å²) in [5.74, 6) is 1.69. The lowest BCUT2D eigenvalue weighted by Crippen LogP contribution is -2.37. The number of piperidine rings is 1. The van der Waals surface area contributed by atoms with Crippen LogP contribution >= 0.6 is 24.0 Å². The van der Waals surface area contributed by atoms with Crippen molar-refractivity contribution in [3.05, 3.63) is 64.7 Å². The minimum atomic E-state index is 0. The summed E-state index contributed by atoms with van der Waals surface area (Å²) in [5.41, 5.74) is 4.04. The molecule has 1 aliphatic heterocycles. The minimum absolute atomic E-state index is 0. The number of nitrogens with one attached hydrogen (secondary N) is 2. The molecule has 0 bridgehead atoms. The molecule has 168 valence electrons. The first-order chi connectivity index (χ1) is 14.6. The summed E-state index contributed by atoms with van der Waals surface area (Å²) in [5, 5.41) is 6.65. The van der Waals surface area contributed by atoms with Crippen molar-refractivity contribution in [3.63, 3.8) is 0 Å². The summed E-state index contributed by atoms with van der Waals surface area (Å²) in [6.45, 7) is 4.97. The Morgan fingerprint density at radius 2 is 1.81 bits per heavy atom. The van der Waals surface area contributed by atoms with Crippen LogP contribution in [0.15, 0.2) is 47.5 Å². The summed E-state index contributed by atoms with van der Waals surface area (Å²) in [7, 11) is 3.43. The molecule has 0 atom stereocenters. The summed E-state index contributed by atoms with van der Waals surface area (Å²) < 4.78 is 5.47. The van der Waals surface area contributed by atoms with E-state index in [1.165, 1.54) is 6.42 Å². The smallest absolute Gasteiger partial charge is 0.253 e. The van der Waals surface area contributed by atoms with E-state index in [1.807, 2.05) is 42.2 Å². The van der Waals surface area contributed by atoms with Gasteiger partial charge in [0.15, 0.2) is 5.96 Å². The molecule has 1 fully saturated rings. The van der Waals surface area contributed by atoms with Crippen molar-refractivity contribution in [1.82, 2.24) is 15.5 Å². The summed E-state index contributed by atoms with van der Waals surface area (Å²) in [6, 6.07) is 14.0. The highest BCUT2D eigenvalue weighted by molar-refractivity contribution is 14.0. The maximum absolute atomic E-state index is 12.7. The zero-order valence-electron chi connectivity index (χ0n) is 18.6. The fraction of sp³-hybridized carbons (Fsp3) is 0.417. The molecule has 1 aliphatic rings. The number of benzene rings is 2. The first kappa shape index (κ1) is 25.0. The van der Waals surface area contributed by atoms with Crippen molar-refractivity contribution in [2.75, 3.05) is 27.2 Å². The zero-order chi connectivity index (χ0) is 21.3. The Balaban J connectivity index is 0.00000341. The van der Waals surface area contributed by atoms with Crippen LogP contribution in [0.25, 0.3) is 0 Å². The second-order valence-electron chi connectivity index (χ2n) is 7.65. The zero-order valence-corrected chi connectivity index (χ0v) is 20.9. The third kappa shape index (κ3) is 7.12. The van der Waals surface area contributed by atoms with E-state index in [-0.39, 0.29) is 29.9 Å². The number of aliphatic imine (C=N–C) groups is 1. The predicted molar refractivity (Wildman–Crippen MR) is 136 cm³/mol. The van der Waals surface area contributed by atoms with Gasteiger partial charge >= 0.3 is 0 Å². The lowest BCUT2D eigenvalue weighted by molar-refractivity contribution is 0.0724. The number of carbonyl (C=O) groups excluding carboxylic acids is 1. The molecule has 1 heterocycles. The Morgan fingerprint density at radius 1 is 1.06 bits per heavy atom. The van der Waals surface area contributed by atoms with Gasteiger partial charge in [0.25, 0.3) is 5.91 Å². The molecule has 3 rings (SSSR count). The van der Waals surface area contributed by atoms with E-state index in [2.05, 4.69) is 27.8 Å². The molecule has 0 aliphatic carbocycles. The largest absolute Gasteiger partial charge is 0.496 e. The third-order valence-corrected chi connectivity index (χ3v) is 5.39. The quantitative estimate of drug-likeness (QED) is 0.332. The molecular formula is C24H33IN4O2. The fourth-order valence-corrected chi connectivity index (χ4v) is 3.68. The monoisotopic (exact) mass is 536 g/mol. The number of aryl methyl sites for hydroxylation is 1. The molecule has 1 saturated heterocycles. The summed E-state index contributed by atoms with van der Waals surface area (Å²) >= 11 is 0. The Hall–Kier alpha value is -2.29. The molecule has 6 nitrogen and oxygen atoms in total. The number of ether oxygens (including phenoxy) is 1. The number of methoxy groups -OCH3 is 1. The van der Waals surface area contributed by atoms with E-state index in [0.29, 0.717) is 19.0 Å². The number of rotatable bonds is 6. The van der Waals surface area contributed by atoms with Crippen LogP contribution < -0.4 is 15.4 Å². The topological polar surface area (TPSA) is 66.0 Å². The van der Waals surface area contributed by atoms with E-state index in [1.54, 1.807) is 14.2 Å². The number of nitrogens with zero attached hydrogens (tertiary/aromatic N) is 2. The molecule has 2 aromatic rings. The van der Waals surface area contributed by atoms with Gasteiger partial charge < -0.3 is 20.3 Å². The first-order valence-corrected chi connectivity index (χ1v) is 10.6. The lowest BCUT2D eigenvalue weighted by Gasteiger charge is -2.26. The molecule has 7 heteroatoms. The van der Waals surface area contributed by atoms with Crippen molar-refractivity contribution < 1.29 is 9.53 Å². The Kier molecular flexibility index (Phi) is 10.1. The molecule has 1 amide bonds. The van der Waals surface area contributed by atoms with Gasteiger partial charge in [-0.3, -0.25) is 9.79 Å². The van der Waals surface area contributed by atoms with Crippen LogP contribution in [0.4, 0.5) is 0 Å². The summed E-state index contributed by atoms with van der Waals surface area (Å²) in [6.07, 6.45) is 3.41. The number of carbonyl (C=O) groups is 1. The molecular weight excluding hydrogens is 503 g/mol. The van der Waals surface area contributed by atoms with Crippen molar-refractivity contribution in [3.8, 4) is 5.75 Å². The number of hydrogen-bond donors (Lipinski definition) is 2. The van der Waals surface area contributed by atoms with Gasteiger partial charge in [-0.25, -0.2) is 0 Å². The molecule has 0 radical (unpaired) electrons. The Bertz CT molecular complexity index is 895. The van der Waals surface area contributed by atoms with Crippen LogP contribution in [0, 0.1) is 6.92 Å². The van der Waals surface area contributed by atoms with E-state index in [9.17, 15) is 4.79 Å². The molecule has 2 N–H and O–H groups in total. The molecule has 0 spiro atoms. The van der Waals surface area contributed by atoms with Crippen LogP contribution in [0.1, 0.15) is 46.3 Å². The van der Waals surface area contributed by atoms with Crippen molar-refractivity contribution in [2.45, 2.75) is 39.3 Å². The fourth-order valence-electron chi connectivity index (χ4n) is 3.68. The van der Waals surface area contributed by atoms with Gasteiger partial charge in [0.1, 0.15) is 5.75 Å². The van der Waals surface area contributed by atoms with E-state index in [0.717, 1.165) is 53.9 Å². The van der Waals surface area contributed by atoms with Crippen LogP contribution in [0.3, 0.4) is 0 Å². The van der Waals surface area contributed by atoms with E-state index < -0.39 is 0 Å². The molecule has 0 aromatic heterocycles. The van der Waals surface area contributed by atoms with Gasteiger partial charge in [-0.1, -0.05) is 24.3 Å². The number of hydrogen-bond acceptors (Lipinski definition) is 3. The SMILES string of the molecule is CN=C(NCc1cccc(C(=O)N2CCCCC2)c1)NCc1ccc(C)cc1OC.I. The second-order valence-corrected chi connectivity index (χ2v) is 7.65. The van der Waals surface area contributed by atoms with E-state index >= 15 is 0 Å². The van der Waals surface area contributed by atoms with Crippen molar-refractivity contribution in [1.29, 1.82) is 0 Å². The van der Waals surface area contributed by atoms with Gasteiger partial charge in [0, 0.05) is 44.4 Å². The van der Waals surface area contributed by atoms with Crippen LogP contribution in [0.5, 0.6) is 5.75 Å². The number of amides is 1. The average Bonchev–Trinajstić information content (AvgIpc) is 2.80. The molecule has 0 unspecified atom stereocenters. The molecule has 31 heavy (non-hydrogen) atoms. The van der Waals surface area contributed by atoms with E-state index in [4.69, 9.17) is 4.74 Å². The number of halogens is 1. The standard InChI is InChI=1S/C24H32N4O2.HI/c1-18-10-11-21(22(14-18)30-3)17-27-24(25-2)26-16-19-8-7-9-20(15-19)23(29)28-12-5-4-6-13-28;/h7-11,14-15H,4-6,12-13,16-17H2,1-3H3,(H2,25,26,27);1H. The van der Waals surface area contributed by atoms with Crippen molar-refractivity contribution in [2.24, 2.45) is 4.99 Å². The molecule has 0 saturated carbocycles. The lowest BCUT2D eigenvalue weighted by atomic mass is 10.1. The number of likely N-dealkylation sites (tertiary alicyclic amines) is 1.